The normalized spacial score (nSPS) is 12.9. The van der Waals surface area contributed by atoms with E-state index in [1.165, 1.54) is 22.3 Å². The third-order valence-corrected chi connectivity index (χ3v) is 3.12. The van der Waals surface area contributed by atoms with Gasteiger partial charge in [-0.15, -0.1) is 0 Å². The van der Waals surface area contributed by atoms with Crippen LogP contribution in [0.3, 0.4) is 0 Å². The van der Waals surface area contributed by atoms with Crippen LogP contribution in [0.4, 0.5) is 0 Å². The summed E-state index contributed by atoms with van der Waals surface area (Å²) in [6.45, 7) is 8.77. The topological polar surface area (TPSA) is 0 Å². The number of allylic oxidation sites excluding steroid dienone is 4. The Kier molecular flexibility index (Phi) is 5.76. The van der Waals surface area contributed by atoms with Crippen molar-refractivity contribution in [2.75, 3.05) is 0 Å². The molecule has 0 nitrogen and oxygen atoms in total. The molecule has 92 valence electrons. The van der Waals surface area contributed by atoms with Gasteiger partial charge in [0, 0.05) is 0 Å². The van der Waals surface area contributed by atoms with Crippen molar-refractivity contribution in [3.63, 3.8) is 0 Å². The first-order chi connectivity index (χ1) is 8.15. The summed E-state index contributed by atoms with van der Waals surface area (Å²) >= 11 is 0. The standard InChI is InChI=1S/C17H24/c1-5-14(3)7-8-15(4)13-17-11-9-16(6-2)10-12-17/h7-12H,5-6,13H2,1-4H3/b14-7+,15-8+. The van der Waals surface area contributed by atoms with Crippen LogP contribution >= 0.6 is 0 Å². The predicted octanol–water partition coefficient (Wildman–Crippen LogP) is 5.09. The molecule has 0 heterocycles. The second-order valence-corrected chi connectivity index (χ2v) is 4.73. The maximum absolute atomic E-state index is 2.24. The highest BCUT2D eigenvalue weighted by Gasteiger charge is 1.95. The fourth-order valence-corrected chi connectivity index (χ4v) is 1.68. The van der Waals surface area contributed by atoms with E-state index in [4.69, 9.17) is 0 Å². The summed E-state index contributed by atoms with van der Waals surface area (Å²) in [6, 6.07) is 8.95. The monoisotopic (exact) mass is 228 g/mol. The zero-order chi connectivity index (χ0) is 12.7. The van der Waals surface area contributed by atoms with Crippen molar-refractivity contribution >= 4 is 0 Å². The van der Waals surface area contributed by atoms with E-state index in [-0.39, 0.29) is 0 Å². The van der Waals surface area contributed by atoms with Gasteiger partial charge in [-0.1, -0.05) is 61.4 Å². The zero-order valence-corrected chi connectivity index (χ0v) is 11.6. The van der Waals surface area contributed by atoms with Crippen LogP contribution in [0.2, 0.25) is 0 Å². The molecule has 17 heavy (non-hydrogen) atoms. The minimum Gasteiger partial charge on any atom is -0.0736 e. The Morgan fingerprint density at radius 2 is 1.41 bits per heavy atom. The molecular weight excluding hydrogens is 204 g/mol. The Bertz CT molecular complexity index is 391. The fraction of sp³-hybridized carbons (Fsp3) is 0.412. The van der Waals surface area contributed by atoms with Gasteiger partial charge >= 0.3 is 0 Å². The summed E-state index contributed by atoms with van der Waals surface area (Å²) in [5.41, 5.74) is 5.67. The molecule has 0 aromatic heterocycles. The van der Waals surface area contributed by atoms with Crippen molar-refractivity contribution in [3.05, 3.63) is 58.7 Å². The van der Waals surface area contributed by atoms with Crippen molar-refractivity contribution in [1.29, 1.82) is 0 Å². The molecule has 0 bridgehead atoms. The molecule has 1 aromatic carbocycles. The Morgan fingerprint density at radius 3 is 1.94 bits per heavy atom. The molecule has 0 heteroatoms. The van der Waals surface area contributed by atoms with Crippen LogP contribution in [-0.2, 0) is 12.8 Å². The van der Waals surface area contributed by atoms with Gasteiger partial charge in [0.15, 0.2) is 0 Å². The molecule has 0 aliphatic rings. The van der Waals surface area contributed by atoms with Crippen LogP contribution in [0, 0.1) is 0 Å². The highest BCUT2D eigenvalue weighted by atomic mass is 14.0. The van der Waals surface area contributed by atoms with Gasteiger partial charge in [0.05, 0.1) is 0 Å². The molecule has 0 aliphatic heterocycles. The summed E-state index contributed by atoms with van der Waals surface area (Å²) in [4.78, 5) is 0. The molecule has 0 amide bonds. The molecule has 0 saturated carbocycles. The summed E-state index contributed by atoms with van der Waals surface area (Å²) in [5.74, 6) is 0. The van der Waals surface area contributed by atoms with Crippen molar-refractivity contribution in [1.82, 2.24) is 0 Å². The van der Waals surface area contributed by atoms with Gasteiger partial charge in [-0.2, -0.15) is 0 Å². The van der Waals surface area contributed by atoms with E-state index in [1.54, 1.807) is 0 Å². The van der Waals surface area contributed by atoms with Gasteiger partial charge < -0.3 is 0 Å². The lowest BCUT2D eigenvalue weighted by atomic mass is 10.0. The van der Waals surface area contributed by atoms with E-state index in [0.29, 0.717) is 0 Å². The van der Waals surface area contributed by atoms with Gasteiger partial charge in [0.2, 0.25) is 0 Å². The highest BCUT2D eigenvalue weighted by Crippen LogP contribution is 2.11. The van der Waals surface area contributed by atoms with Crippen LogP contribution in [0.15, 0.2) is 47.6 Å². The van der Waals surface area contributed by atoms with E-state index in [2.05, 4.69) is 64.1 Å². The van der Waals surface area contributed by atoms with Crippen LogP contribution in [-0.4, -0.2) is 0 Å². The fourth-order valence-electron chi connectivity index (χ4n) is 1.68. The SMILES string of the molecule is CC/C(C)=C/C=C(\C)Cc1ccc(CC)cc1. The second-order valence-electron chi connectivity index (χ2n) is 4.73. The summed E-state index contributed by atoms with van der Waals surface area (Å²) in [7, 11) is 0. The van der Waals surface area contributed by atoms with Crippen LogP contribution in [0.25, 0.3) is 0 Å². The molecule has 1 rings (SSSR count). The molecule has 1 aromatic rings. The first-order valence-corrected chi connectivity index (χ1v) is 6.56. The molecule has 0 radical (unpaired) electrons. The number of aryl methyl sites for hydroxylation is 1. The molecule has 0 saturated heterocycles. The lowest BCUT2D eigenvalue weighted by Gasteiger charge is -2.03. The Morgan fingerprint density at radius 1 is 0.882 bits per heavy atom. The molecule has 0 N–H and O–H groups in total. The number of rotatable bonds is 5. The van der Waals surface area contributed by atoms with Gasteiger partial charge in [0.25, 0.3) is 0 Å². The summed E-state index contributed by atoms with van der Waals surface area (Å²) in [5, 5.41) is 0. The molecule has 0 fully saturated rings. The van der Waals surface area contributed by atoms with E-state index >= 15 is 0 Å². The van der Waals surface area contributed by atoms with Crippen LogP contribution in [0.5, 0.6) is 0 Å². The molecule has 0 spiro atoms. The van der Waals surface area contributed by atoms with Gasteiger partial charge in [-0.3, -0.25) is 0 Å². The third kappa shape index (κ3) is 5.04. The molecule has 0 unspecified atom stereocenters. The quantitative estimate of drug-likeness (QED) is 0.615. The van der Waals surface area contributed by atoms with E-state index in [9.17, 15) is 0 Å². The van der Waals surface area contributed by atoms with E-state index < -0.39 is 0 Å². The van der Waals surface area contributed by atoms with Gasteiger partial charge in [-0.05, 0) is 44.2 Å². The summed E-state index contributed by atoms with van der Waals surface area (Å²) in [6.07, 6.45) is 7.78. The van der Waals surface area contributed by atoms with Crippen molar-refractivity contribution < 1.29 is 0 Å². The summed E-state index contributed by atoms with van der Waals surface area (Å²) < 4.78 is 0. The Labute approximate surface area is 106 Å². The largest absolute Gasteiger partial charge is 0.0736 e. The maximum atomic E-state index is 2.24. The first kappa shape index (κ1) is 13.8. The van der Waals surface area contributed by atoms with Crippen LogP contribution in [0.1, 0.15) is 45.2 Å². The second kappa shape index (κ2) is 7.11. The molecule has 0 atom stereocenters. The van der Waals surface area contributed by atoms with Crippen molar-refractivity contribution in [2.45, 2.75) is 47.0 Å². The minimum atomic E-state index is 1.05. The van der Waals surface area contributed by atoms with Crippen molar-refractivity contribution in [2.24, 2.45) is 0 Å². The smallest absolute Gasteiger partial charge is 0.00668 e. The maximum Gasteiger partial charge on any atom is -0.00668 e. The number of hydrogen-bond acceptors (Lipinski definition) is 0. The van der Waals surface area contributed by atoms with Gasteiger partial charge in [-0.25, -0.2) is 0 Å². The van der Waals surface area contributed by atoms with E-state index in [0.717, 1.165) is 19.3 Å². The van der Waals surface area contributed by atoms with Crippen molar-refractivity contribution in [3.8, 4) is 0 Å². The number of benzene rings is 1. The molecular formula is C17H24. The Balaban J connectivity index is 2.64. The highest BCUT2D eigenvalue weighted by molar-refractivity contribution is 5.27. The third-order valence-electron chi connectivity index (χ3n) is 3.12. The van der Waals surface area contributed by atoms with Crippen LogP contribution < -0.4 is 0 Å². The predicted molar refractivity (Wildman–Crippen MR) is 77.3 cm³/mol. The molecule has 0 aliphatic carbocycles. The lowest BCUT2D eigenvalue weighted by molar-refractivity contribution is 1.09. The lowest BCUT2D eigenvalue weighted by Crippen LogP contribution is -1.88. The average molecular weight is 228 g/mol. The number of hydrogen-bond donors (Lipinski definition) is 0. The zero-order valence-electron chi connectivity index (χ0n) is 11.6. The first-order valence-electron chi connectivity index (χ1n) is 6.56. The van der Waals surface area contributed by atoms with E-state index in [1.807, 2.05) is 0 Å². The Hall–Kier alpha value is -1.30. The average Bonchev–Trinajstić information content (AvgIpc) is 2.36. The van der Waals surface area contributed by atoms with Gasteiger partial charge in [0.1, 0.15) is 0 Å². The minimum absolute atomic E-state index is 1.05.